The van der Waals surface area contributed by atoms with E-state index < -0.39 is 10.0 Å². The first-order valence-electron chi connectivity index (χ1n) is 11.7. The van der Waals surface area contributed by atoms with Crippen molar-refractivity contribution in [2.75, 3.05) is 51.3 Å². The Balaban J connectivity index is 1.47. The molecule has 0 spiro atoms. The number of carbonyl (C=O) groups excluding carboxylic acids is 1. The maximum Gasteiger partial charge on any atom is 0.244 e. The summed E-state index contributed by atoms with van der Waals surface area (Å²) >= 11 is 0. The second kappa shape index (κ2) is 12.2. The minimum atomic E-state index is -3.72. The molecule has 0 saturated carbocycles. The molecule has 1 N–H and O–H groups in total. The maximum atomic E-state index is 12.7. The van der Waals surface area contributed by atoms with Gasteiger partial charge >= 0.3 is 0 Å². The first kappa shape index (κ1) is 25.2. The number of ketones is 1. The van der Waals surface area contributed by atoms with Crippen molar-refractivity contribution in [3.63, 3.8) is 0 Å². The number of methoxy groups -OCH3 is 1. The number of Topliss-reactive ketones (excluding diaryl/α,β-unsaturated/α-hetero) is 1. The van der Waals surface area contributed by atoms with Gasteiger partial charge in [0.05, 0.1) is 7.11 Å². The maximum absolute atomic E-state index is 12.7. The van der Waals surface area contributed by atoms with E-state index in [2.05, 4.69) is 38.8 Å². The van der Waals surface area contributed by atoms with Crippen LogP contribution in [0.5, 0.6) is 5.75 Å². The molecule has 8 heteroatoms. The highest BCUT2D eigenvalue weighted by Gasteiger charge is 2.21. The molecule has 0 aliphatic carbocycles. The summed E-state index contributed by atoms with van der Waals surface area (Å²) in [5, 5.41) is 0. The van der Waals surface area contributed by atoms with E-state index in [1.807, 2.05) is 13.0 Å². The zero-order valence-corrected chi connectivity index (χ0v) is 20.4. The van der Waals surface area contributed by atoms with Gasteiger partial charge in [-0.3, -0.25) is 9.69 Å². The van der Waals surface area contributed by atoms with E-state index in [4.69, 9.17) is 4.74 Å². The van der Waals surface area contributed by atoms with Crippen LogP contribution in [0.25, 0.3) is 0 Å². The van der Waals surface area contributed by atoms with E-state index in [-0.39, 0.29) is 16.4 Å². The molecule has 1 aliphatic rings. The first-order chi connectivity index (χ1) is 15.9. The summed E-state index contributed by atoms with van der Waals surface area (Å²) < 4.78 is 32.9. The predicted molar refractivity (Wildman–Crippen MR) is 132 cm³/mol. The number of rotatable bonds is 12. The molecule has 180 valence electrons. The van der Waals surface area contributed by atoms with Crippen LogP contribution >= 0.6 is 0 Å². The van der Waals surface area contributed by atoms with Crippen molar-refractivity contribution in [1.29, 1.82) is 0 Å². The summed E-state index contributed by atoms with van der Waals surface area (Å²) in [6.07, 6.45) is 2.80. The third kappa shape index (κ3) is 7.03. The van der Waals surface area contributed by atoms with E-state index in [0.29, 0.717) is 24.9 Å². The van der Waals surface area contributed by atoms with Gasteiger partial charge in [0.25, 0.3) is 0 Å². The molecule has 2 aromatic rings. The van der Waals surface area contributed by atoms with E-state index in [0.717, 1.165) is 45.6 Å². The third-order valence-corrected chi connectivity index (χ3v) is 7.42. The van der Waals surface area contributed by atoms with Gasteiger partial charge in [0.1, 0.15) is 10.6 Å². The highest BCUT2D eigenvalue weighted by molar-refractivity contribution is 7.89. The minimum absolute atomic E-state index is 0.0144. The minimum Gasteiger partial charge on any atom is -0.495 e. The summed E-state index contributed by atoms with van der Waals surface area (Å²) in [6.45, 7) is 7.27. The quantitative estimate of drug-likeness (QED) is 0.375. The van der Waals surface area contributed by atoms with Gasteiger partial charge in [-0.05, 0) is 56.1 Å². The van der Waals surface area contributed by atoms with Crippen molar-refractivity contribution in [2.45, 2.75) is 37.5 Å². The van der Waals surface area contributed by atoms with Gasteiger partial charge in [0.2, 0.25) is 10.0 Å². The zero-order valence-electron chi connectivity index (χ0n) is 19.6. The fraction of sp³-hybridized carbons (Fsp3) is 0.480. The number of piperazine rings is 1. The predicted octanol–water partition coefficient (Wildman–Crippen LogP) is 3.56. The molecule has 0 radical (unpaired) electrons. The van der Waals surface area contributed by atoms with Crippen LogP contribution < -0.4 is 14.4 Å². The largest absolute Gasteiger partial charge is 0.495 e. The topological polar surface area (TPSA) is 79.0 Å². The Labute approximate surface area is 197 Å². The van der Waals surface area contributed by atoms with Gasteiger partial charge in [-0.1, -0.05) is 25.1 Å². The number of carbonyl (C=O) groups is 1. The molecule has 1 aliphatic heterocycles. The highest BCUT2D eigenvalue weighted by atomic mass is 32.2. The number of unbranched alkanes of at least 4 members (excludes halogenated alkanes) is 1. The van der Waals surface area contributed by atoms with Gasteiger partial charge in [0.15, 0.2) is 5.78 Å². The fourth-order valence-electron chi connectivity index (χ4n) is 4.01. The van der Waals surface area contributed by atoms with Crippen LogP contribution in [0.4, 0.5) is 5.69 Å². The zero-order chi connectivity index (χ0) is 23.7. The summed E-state index contributed by atoms with van der Waals surface area (Å²) in [7, 11) is -2.30. The number of anilines is 1. The number of nitrogens with one attached hydrogen (secondary N) is 1. The van der Waals surface area contributed by atoms with Crippen molar-refractivity contribution >= 4 is 21.5 Å². The molecular weight excluding hydrogens is 438 g/mol. The molecule has 0 unspecified atom stereocenters. The summed E-state index contributed by atoms with van der Waals surface area (Å²) in [4.78, 5) is 17.6. The van der Waals surface area contributed by atoms with E-state index in [1.165, 1.54) is 18.9 Å². The molecule has 33 heavy (non-hydrogen) atoms. The highest BCUT2D eigenvalue weighted by Crippen LogP contribution is 2.26. The van der Waals surface area contributed by atoms with Crippen molar-refractivity contribution < 1.29 is 17.9 Å². The molecule has 0 aromatic heterocycles. The van der Waals surface area contributed by atoms with Gasteiger partial charge < -0.3 is 9.64 Å². The number of ether oxygens (including phenoxy) is 1. The molecule has 3 rings (SSSR count). The second-order valence-electron chi connectivity index (χ2n) is 8.31. The van der Waals surface area contributed by atoms with E-state index in [1.54, 1.807) is 12.1 Å². The monoisotopic (exact) mass is 473 g/mol. The van der Waals surface area contributed by atoms with Crippen LogP contribution in [0.2, 0.25) is 0 Å². The molecule has 0 atom stereocenters. The molecule has 0 amide bonds. The Kier molecular flexibility index (Phi) is 9.29. The average molecular weight is 474 g/mol. The Morgan fingerprint density at radius 2 is 1.76 bits per heavy atom. The Morgan fingerprint density at radius 1 is 1.03 bits per heavy atom. The van der Waals surface area contributed by atoms with Gasteiger partial charge in [-0.2, -0.15) is 0 Å². The number of sulfonamides is 1. The van der Waals surface area contributed by atoms with Gasteiger partial charge in [0, 0.05) is 50.4 Å². The molecule has 1 heterocycles. The average Bonchev–Trinajstić information content (AvgIpc) is 2.85. The molecule has 0 bridgehead atoms. The van der Waals surface area contributed by atoms with Crippen molar-refractivity contribution in [2.24, 2.45) is 0 Å². The lowest BCUT2D eigenvalue weighted by Crippen LogP contribution is -2.46. The molecule has 1 fully saturated rings. The second-order valence-corrected chi connectivity index (χ2v) is 10.0. The van der Waals surface area contributed by atoms with Crippen LogP contribution in [0.3, 0.4) is 0 Å². The summed E-state index contributed by atoms with van der Waals surface area (Å²) in [5.74, 6) is 0.197. The van der Waals surface area contributed by atoms with Crippen LogP contribution in [-0.4, -0.2) is 65.5 Å². The molecule has 7 nitrogen and oxygen atoms in total. The Bertz CT molecular complexity index is 1000. The lowest BCUT2D eigenvalue weighted by atomic mass is 10.1. The molecular formula is C25H35N3O4S. The fourth-order valence-corrected chi connectivity index (χ4v) is 5.33. The van der Waals surface area contributed by atoms with Crippen molar-refractivity contribution in [3.8, 4) is 5.75 Å². The molecule has 1 saturated heterocycles. The normalized spacial score (nSPS) is 14.9. The van der Waals surface area contributed by atoms with Crippen molar-refractivity contribution in [1.82, 2.24) is 9.62 Å². The Morgan fingerprint density at radius 3 is 2.42 bits per heavy atom. The number of para-hydroxylation sites is 1. The standard InChI is InChI=1S/C25H35N3O4S/c1-3-14-26-33(30,31)25-20-21(12-13-24(25)32-2)23(29)11-7-8-15-27-16-18-28(19-17-27)22-9-5-4-6-10-22/h4-6,9-10,12-13,20,26H,3,7-8,11,14-19H2,1-2H3. The number of benzene rings is 2. The van der Waals surface area contributed by atoms with Crippen LogP contribution in [0.1, 0.15) is 43.0 Å². The van der Waals surface area contributed by atoms with Crippen molar-refractivity contribution in [3.05, 3.63) is 54.1 Å². The summed E-state index contributed by atoms with van der Waals surface area (Å²) in [6, 6.07) is 15.1. The summed E-state index contributed by atoms with van der Waals surface area (Å²) in [5.41, 5.74) is 1.68. The van der Waals surface area contributed by atoms with E-state index >= 15 is 0 Å². The lowest BCUT2D eigenvalue weighted by molar-refractivity contribution is 0.0977. The van der Waals surface area contributed by atoms with E-state index in [9.17, 15) is 13.2 Å². The number of hydrogen-bond donors (Lipinski definition) is 1. The first-order valence-corrected chi connectivity index (χ1v) is 13.2. The third-order valence-electron chi connectivity index (χ3n) is 5.94. The lowest BCUT2D eigenvalue weighted by Gasteiger charge is -2.36. The Hall–Kier alpha value is -2.42. The SMILES string of the molecule is CCCNS(=O)(=O)c1cc(C(=O)CCCCN2CCN(c3ccccc3)CC2)ccc1OC. The molecule has 2 aromatic carbocycles. The van der Waals surface area contributed by atoms with Gasteiger partial charge in [-0.15, -0.1) is 0 Å². The number of nitrogens with zero attached hydrogens (tertiary/aromatic N) is 2. The van der Waals surface area contributed by atoms with Crippen LogP contribution in [-0.2, 0) is 10.0 Å². The van der Waals surface area contributed by atoms with Gasteiger partial charge in [-0.25, -0.2) is 13.1 Å². The van der Waals surface area contributed by atoms with Crippen LogP contribution in [0, 0.1) is 0 Å². The smallest absolute Gasteiger partial charge is 0.244 e. The van der Waals surface area contributed by atoms with Crippen LogP contribution in [0.15, 0.2) is 53.4 Å². The number of hydrogen-bond acceptors (Lipinski definition) is 6.